The van der Waals surface area contributed by atoms with Gasteiger partial charge in [0.05, 0.1) is 20.7 Å². The first kappa shape index (κ1) is 22.2. The van der Waals surface area contributed by atoms with Gasteiger partial charge in [-0.05, 0) is 18.2 Å². The van der Waals surface area contributed by atoms with E-state index >= 15 is 0 Å². The van der Waals surface area contributed by atoms with E-state index in [0.717, 1.165) is 5.56 Å². The van der Waals surface area contributed by atoms with Crippen LogP contribution in [0, 0.1) is 10.1 Å². The van der Waals surface area contributed by atoms with Crippen molar-refractivity contribution in [3.05, 3.63) is 72.0 Å². The van der Waals surface area contributed by atoms with Gasteiger partial charge >= 0.3 is 5.97 Å². The molecule has 0 aliphatic rings. The fraction of sp³-hybridized carbons (Fsp3) is 0.0556. The molecule has 0 radical (unpaired) electrons. The van der Waals surface area contributed by atoms with E-state index in [9.17, 15) is 20.0 Å². The summed E-state index contributed by atoms with van der Waals surface area (Å²) in [6, 6.07) is 9.46. The maximum atomic E-state index is 11.6. The normalized spacial score (nSPS) is 11.4. The summed E-state index contributed by atoms with van der Waals surface area (Å²) in [5.41, 5.74) is 3.67. The van der Waals surface area contributed by atoms with Crippen LogP contribution in [0.3, 0.4) is 0 Å². The Hall–Kier alpha value is -2.53. The lowest BCUT2D eigenvalue weighted by atomic mass is 10.1. The molecule has 12 heteroatoms. The maximum Gasteiger partial charge on any atom is 0.352 e. The van der Waals surface area contributed by atoms with Crippen molar-refractivity contribution in [1.82, 2.24) is 4.98 Å². The molecule has 1 aromatic heterocycles. The van der Waals surface area contributed by atoms with Crippen molar-refractivity contribution in [2.75, 3.05) is 5.43 Å². The molecule has 30 heavy (non-hydrogen) atoms. The first-order valence-corrected chi connectivity index (χ1v) is 10.6. The Morgan fingerprint density at radius 2 is 2.03 bits per heavy atom. The number of nitrogens with one attached hydrogen (secondary N) is 1. The number of hydrogen-bond donors (Lipinski definition) is 2. The Morgan fingerprint density at radius 3 is 2.70 bits per heavy atom. The monoisotopic (exact) mass is 528 g/mol. The molecule has 3 aromatic rings. The summed E-state index contributed by atoms with van der Waals surface area (Å²) in [6.07, 6.45) is -0.239. The quantitative estimate of drug-likeness (QED) is 0.224. The number of aliphatic carboxylic acids is 1. The fourth-order valence-electron chi connectivity index (χ4n) is 2.43. The molecule has 0 fully saturated rings. The highest BCUT2D eigenvalue weighted by molar-refractivity contribution is 9.10. The molecule has 154 valence electrons. The number of thiazole rings is 1. The molecule has 1 heterocycles. The van der Waals surface area contributed by atoms with Crippen LogP contribution in [0.4, 0.5) is 10.8 Å². The van der Waals surface area contributed by atoms with E-state index in [2.05, 4.69) is 31.4 Å². The van der Waals surface area contributed by atoms with Crippen LogP contribution in [-0.4, -0.2) is 26.7 Å². The van der Waals surface area contributed by atoms with Crippen molar-refractivity contribution in [3.63, 3.8) is 0 Å². The van der Waals surface area contributed by atoms with Crippen LogP contribution in [0.1, 0.15) is 5.56 Å². The Bertz CT molecular complexity index is 1170. The molecule has 0 saturated heterocycles. The van der Waals surface area contributed by atoms with Gasteiger partial charge < -0.3 is 5.11 Å². The first-order chi connectivity index (χ1) is 14.2. The molecule has 2 aromatic carbocycles. The molecular weight excluding hydrogens is 519 g/mol. The van der Waals surface area contributed by atoms with Crippen LogP contribution in [0.25, 0.3) is 11.3 Å². The Morgan fingerprint density at radius 1 is 1.27 bits per heavy atom. The Labute approximate surface area is 192 Å². The molecule has 2 N–H and O–H groups in total. The number of nitro groups is 1. The molecule has 0 amide bonds. The highest BCUT2D eigenvalue weighted by Crippen LogP contribution is 2.30. The topological polar surface area (TPSA) is 118 Å². The number of benzene rings is 2. The lowest BCUT2D eigenvalue weighted by Gasteiger charge is -2.04. The van der Waals surface area contributed by atoms with Crippen LogP contribution < -0.4 is 5.43 Å². The van der Waals surface area contributed by atoms with Gasteiger partial charge in [0, 0.05) is 33.5 Å². The molecule has 0 bridgehead atoms. The molecule has 8 nitrogen and oxygen atoms in total. The number of hydrogen-bond acceptors (Lipinski definition) is 7. The van der Waals surface area contributed by atoms with Crippen molar-refractivity contribution >= 4 is 73.0 Å². The van der Waals surface area contributed by atoms with Crippen LogP contribution in [0.2, 0.25) is 10.0 Å². The van der Waals surface area contributed by atoms with Gasteiger partial charge in [0.1, 0.15) is 5.71 Å². The van der Waals surface area contributed by atoms with E-state index in [0.29, 0.717) is 25.3 Å². The molecule has 0 unspecified atom stereocenters. The van der Waals surface area contributed by atoms with Crippen molar-refractivity contribution in [1.29, 1.82) is 0 Å². The van der Waals surface area contributed by atoms with Gasteiger partial charge in [-0.25, -0.2) is 9.78 Å². The molecule has 0 saturated carbocycles. The van der Waals surface area contributed by atoms with E-state index in [1.54, 1.807) is 29.6 Å². The zero-order chi connectivity index (χ0) is 21.8. The third-order valence-corrected chi connectivity index (χ3v) is 5.83. The van der Waals surface area contributed by atoms with Crippen molar-refractivity contribution in [2.24, 2.45) is 5.10 Å². The van der Waals surface area contributed by atoms with Gasteiger partial charge in [0.25, 0.3) is 5.69 Å². The number of halogens is 3. The van der Waals surface area contributed by atoms with Gasteiger partial charge in [-0.3, -0.25) is 15.5 Å². The summed E-state index contributed by atoms with van der Waals surface area (Å²) in [7, 11) is 0. The summed E-state index contributed by atoms with van der Waals surface area (Å²) in [5, 5.41) is 27.5. The lowest BCUT2D eigenvalue weighted by molar-refractivity contribution is -0.385. The summed E-state index contributed by atoms with van der Waals surface area (Å²) >= 11 is 16.3. The predicted molar refractivity (Wildman–Crippen MR) is 121 cm³/mol. The van der Waals surface area contributed by atoms with Gasteiger partial charge in [-0.15, -0.1) is 11.3 Å². The van der Waals surface area contributed by atoms with E-state index in [1.807, 2.05) is 0 Å². The number of nitro benzene ring substituents is 1. The number of rotatable bonds is 7. The highest BCUT2D eigenvalue weighted by Gasteiger charge is 2.20. The number of hydrazone groups is 1. The van der Waals surface area contributed by atoms with Crippen molar-refractivity contribution in [2.45, 2.75) is 6.42 Å². The molecule has 0 aliphatic heterocycles. The number of carbonyl (C=O) groups is 1. The fourth-order valence-corrected chi connectivity index (χ4v) is 3.74. The zero-order valence-corrected chi connectivity index (χ0v) is 18.7. The predicted octanol–water partition coefficient (Wildman–Crippen LogP) is 5.88. The van der Waals surface area contributed by atoms with Gasteiger partial charge in [-0.2, -0.15) is 5.10 Å². The molecule has 0 spiro atoms. The summed E-state index contributed by atoms with van der Waals surface area (Å²) in [6.45, 7) is 0. The highest BCUT2D eigenvalue weighted by atomic mass is 79.9. The number of carboxylic acids is 1. The SMILES string of the molecule is O=C(O)/C(Cc1ccc(Br)cc1[N+](=O)[O-])=N/Nc1nc(-c2ccc(Cl)c(Cl)c2)cs1. The Kier molecular flexibility index (Phi) is 7.03. The minimum atomic E-state index is -1.30. The third-order valence-electron chi connectivity index (χ3n) is 3.85. The first-order valence-electron chi connectivity index (χ1n) is 8.14. The van der Waals surface area contributed by atoms with E-state index in [1.165, 1.54) is 23.5 Å². The van der Waals surface area contributed by atoms with Gasteiger partial charge in [-0.1, -0.05) is 51.3 Å². The van der Waals surface area contributed by atoms with E-state index in [-0.39, 0.29) is 23.4 Å². The minimum absolute atomic E-state index is 0.200. The summed E-state index contributed by atoms with van der Waals surface area (Å²) < 4.78 is 0.516. The third kappa shape index (κ3) is 5.33. The average molecular weight is 530 g/mol. The van der Waals surface area contributed by atoms with Crippen LogP contribution in [0.5, 0.6) is 0 Å². The lowest BCUT2D eigenvalue weighted by Crippen LogP contribution is -2.18. The summed E-state index contributed by atoms with van der Waals surface area (Å²) in [5.74, 6) is -1.30. The Balaban J connectivity index is 1.81. The average Bonchev–Trinajstić information content (AvgIpc) is 3.16. The van der Waals surface area contributed by atoms with Crippen molar-refractivity contribution in [3.8, 4) is 11.3 Å². The summed E-state index contributed by atoms with van der Waals surface area (Å²) in [4.78, 5) is 26.6. The second-order valence-corrected chi connectivity index (χ2v) is 8.44. The van der Waals surface area contributed by atoms with E-state index in [4.69, 9.17) is 23.2 Å². The second kappa shape index (κ2) is 9.52. The van der Waals surface area contributed by atoms with Crippen LogP contribution in [0.15, 0.2) is 51.4 Å². The van der Waals surface area contributed by atoms with E-state index < -0.39 is 10.9 Å². The van der Waals surface area contributed by atoms with Gasteiger partial charge in [0.2, 0.25) is 5.13 Å². The zero-order valence-electron chi connectivity index (χ0n) is 14.8. The second-order valence-electron chi connectivity index (χ2n) is 5.85. The molecule has 0 aliphatic carbocycles. The molecule has 0 atom stereocenters. The van der Waals surface area contributed by atoms with Crippen LogP contribution >= 0.6 is 50.5 Å². The maximum absolute atomic E-state index is 11.6. The number of anilines is 1. The standard InChI is InChI=1S/C18H11BrCl2N4O4S/c19-11-3-1-10(16(7-11)25(28)29)6-14(17(26)27)23-24-18-22-15(8-30-18)9-2-4-12(20)13(21)5-9/h1-5,7-8H,6H2,(H,22,24)(H,26,27)/b23-14+. The largest absolute Gasteiger partial charge is 0.477 e. The minimum Gasteiger partial charge on any atom is -0.477 e. The smallest absolute Gasteiger partial charge is 0.352 e. The van der Waals surface area contributed by atoms with Crippen molar-refractivity contribution < 1.29 is 14.8 Å². The van der Waals surface area contributed by atoms with Gasteiger partial charge in [0.15, 0.2) is 0 Å². The molecular formula is C18H11BrCl2N4O4S. The van der Waals surface area contributed by atoms with Crippen LogP contribution in [-0.2, 0) is 11.2 Å². The molecule has 3 rings (SSSR count). The number of carboxylic acid groups (broad SMARTS) is 1. The number of aromatic nitrogens is 1. The number of nitrogens with zero attached hydrogens (tertiary/aromatic N) is 3.